The zero-order chi connectivity index (χ0) is 17.8. The Morgan fingerprint density at radius 3 is 2.60 bits per heavy atom. The number of nitrogens with one attached hydrogen (secondary N) is 1. The van der Waals surface area contributed by atoms with E-state index < -0.39 is 0 Å². The van der Waals surface area contributed by atoms with E-state index in [0.29, 0.717) is 16.4 Å². The van der Waals surface area contributed by atoms with E-state index in [1.54, 1.807) is 0 Å². The van der Waals surface area contributed by atoms with E-state index >= 15 is 0 Å². The molecule has 0 aliphatic rings. The van der Waals surface area contributed by atoms with E-state index in [2.05, 4.69) is 12.2 Å². The number of rotatable bonds is 5. The molecular formula is C20H19ClN2OS. The lowest BCUT2D eigenvalue weighted by Crippen LogP contribution is -2.10. The molecule has 3 rings (SSSR count). The van der Waals surface area contributed by atoms with Crippen molar-refractivity contribution < 1.29 is 4.79 Å². The first-order valence-electron chi connectivity index (χ1n) is 8.09. The second kappa shape index (κ2) is 7.83. The molecule has 1 aromatic heterocycles. The number of anilines is 1. The lowest BCUT2D eigenvalue weighted by atomic mass is 10.1. The van der Waals surface area contributed by atoms with Crippen LogP contribution in [-0.2, 0) is 13.0 Å². The van der Waals surface area contributed by atoms with Crippen molar-refractivity contribution in [1.82, 2.24) is 0 Å². The lowest BCUT2D eigenvalue weighted by Gasteiger charge is -2.05. The summed E-state index contributed by atoms with van der Waals surface area (Å²) in [6.45, 7) is 2.54. The normalized spacial score (nSPS) is 10.7. The van der Waals surface area contributed by atoms with Gasteiger partial charge in [-0.05, 0) is 53.4 Å². The number of hydrogen-bond acceptors (Lipinski definition) is 3. The average molecular weight is 371 g/mol. The molecule has 1 heterocycles. The van der Waals surface area contributed by atoms with Gasteiger partial charge in [0.25, 0.3) is 5.91 Å². The topological polar surface area (TPSA) is 55.1 Å². The van der Waals surface area contributed by atoms with Gasteiger partial charge in [-0.15, -0.1) is 11.3 Å². The van der Waals surface area contributed by atoms with Crippen LogP contribution in [0.3, 0.4) is 0 Å². The number of carbonyl (C=O) groups is 1. The number of carbonyl (C=O) groups excluding carboxylic acids is 1. The van der Waals surface area contributed by atoms with Gasteiger partial charge in [0.2, 0.25) is 0 Å². The molecule has 3 aromatic rings. The van der Waals surface area contributed by atoms with Gasteiger partial charge < -0.3 is 11.1 Å². The van der Waals surface area contributed by atoms with Crippen molar-refractivity contribution in [2.24, 2.45) is 5.73 Å². The number of benzene rings is 2. The zero-order valence-electron chi connectivity index (χ0n) is 13.9. The van der Waals surface area contributed by atoms with Crippen LogP contribution in [0.5, 0.6) is 0 Å². The molecule has 2 aromatic carbocycles. The molecule has 1 amide bonds. The van der Waals surface area contributed by atoms with E-state index in [-0.39, 0.29) is 5.91 Å². The largest absolute Gasteiger partial charge is 0.326 e. The Balaban J connectivity index is 1.87. The van der Waals surface area contributed by atoms with Crippen molar-refractivity contribution in [3.05, 3.63) is 75.6 Å². The monoisotopic (exact) mass is 370 g/mol. The average Bonchev–Trinajstić information content (AvgIpc) is 3.07. The maximum atomic E-state index is 12.6. The van der Waals surface area contributed by atoms with Crippen LogP contribution in [0, 0.1) is 0 Å². The summed E-state index contributed by atoms with van der Waals surface area (Å²) in [5, 5.41) is 3.66. The SMILES string of the molecule is CCc1cc(C(=O)Nc2cccc(CN)c2)sc1-c1ccc(Cl)cc1. The van der Waals surface area contributed by atoms with Crippen LogP contribution in [0.15, 0.2) is 54.6 Å². The summed E-state index contributed by atoms with van der Waals surface area (Å²) in [4.78, 5) is 14.4. The molecule has 0 aliphatic heterocycles. The predicted molar refractivity (Wildman–Crippen MR) is 106 cm³/mol. The second-order valence-electron chi connectivity index (χ2n) is 5.68. The van der Waals surface area contributed by atoms with E-state index in [1.807, 2.05) is 54.6 Å². The maximum absolute atomic E-state index is 12.6. The Morgan fingerprint density at radius 1 is 1.16 bits per heavy atom. The molecular weight excluding hydrogens is 352 g/mol. The number of thiophene rings is 1. The Kier molecular flexibility index (Phi) is 5.53. The third-order valence-corrected chi connectivity index (χ3v) is 5.42. The van der Waals surface area contributed by atoms with Gasteiger partial charge >= 0.3 is 0 Å². The van der Waals surface area contributed by atoms with Crippen LogP contribution in [0.2, 0.25) is 5.02 Å². The molecule has 0 atom stereocenters. The Hall–Kier alpha value is -2.14. The zero-order valence-corrected chi connectivity index (χ0v) is 15.5. The van der Waals surface area contributed by atoms with Crippen LogP contribution in [0.25, 0.3) is 10.4 Å². The smallest absolute Gasteiger partial charge is 0.265 e. The molecule has 0 unspecified atom stereocenters. The van der Waals surface area contributed by atoms with Crippen molar-refractivity contribution in [3.63, 3.8) is 0 Å². The molecule has 128 valence electrons. The van der Waals surface area contributed by atoms with Crippen LogP contribution in [0.4, 0.5) is 5.69 Å². The Bertz CT molecular complexity index is 887. The van der Waals surface area contributed by atoms with Crippen LogP contribution in [-0.4, -0.2) is 5.91 Å². The van der Waals surface area contributed by atoms with Crippen LogP contribution < -0.4 is 11.1 Å². The van der Waals surface area contributed by atoms with Crippen molar-refractivity contribution in [1.29, 1.82) is 0 Å². The summed E-state index contributed by atoms with van der Waals surface area (Å²) in [7, 11) is 0. The molecule has 0 radical (unpaired) electrons. The third-order valence-electron chi connectivity index (χ3n) is 3.94. The number of aryl methyl sites for hydroxylation is 1. The summed E-state index contributed by atoms with van der Waals surface area (Å²) in [6.07, 6.45) is 0.865. The molecule has 0 spiro atoms. The highest BCUT2D eigenvalue weighted by molar-refractivity contribution is 7.17. The van der Waals surface area contributed by atoms with Gasteiger partial charge in [0, 0.05) is 22.1 Å². The van der Waals surface area contributed by atoms with Crippen molar-refractivity contribution >= 4 is 34.5 Å². The minimum absolute atomic E-state index is 0.103. The third kappa shape index (κ3) is 4.10. The summed E-state index contributed by atoms with van der Waals surface area (Å²) >= 11 is 7.47. The Morgan fingerprint density at radius 2 is 1.92 bits per heavy atom. The molecule has 0 saturated carbocycles. The van der Waals surface area contributed by atoms with Gasteiger partial charge in [-0.2, -0.15) is 0 Å². The van der Waals surface area contributed by atoms with E-state index in [4.69, 9.17) is 17.3 Å². The number of nitrogens with two attached hydrogens (primary N) is 1. The lowest BCUT2D eigenvalue weighted by molar-refractivity contribution is 0.103. The van der Waals surface area contributed by atoms with Crippen LogP contribution in [0.1, 0.15) is 27.7 Å². The number of hydrogen-bond donors (Lipinski definition) is 2. The molecule has 5 heteroatoms. The fraction of sp³-hybridized carbons (Fsp3) is 0.150. The van der Waals surface area contributed by atoms with Gasteiger partial charge in [-0.25, -0.2) is 0 Å². The first kappa shape index (κ1) is 17.7. The van der Waals surface area contributed by atoms with Gasteiger partial charge in [0.1, 0.15) is 0 Å². The van der Waals surface area contributed by atoms with Gasteiger partial charge in [0.15, 0.2) is 0 Å². The van der Waals surface area contributed by atoms with Crippen molar-refractivity contribution in [2.45, 2.75) is 19.9 Å². The molecule has 25 heavy (non-hydrogen) atoms. The number of halogens is 1. The highest BCUT2D eigenvalue weighted by Crippen LogP contribution is 2.34. The van der Waals surface area contributed by atoms with Gasteiger partial charge in [0.05, 0.1) is 4.88 Å². The predicted octanol–water partition coefficient (Wildman–Crippen LogP) is 5.34. The summed E-state index contributed by atoms with van der Waals surface area (Å²) in [5.74, 6) is -0.103. The molecule has 3 N–H and O–H groups in total. The van der Waals surface area contributed by atoms with Crippen molar-refractivity contribution in [3.8, 4) is 10.4 Å². The quantitative estimate of drug-likeness (QED) is 0.636. The highest BCUT2D eigenvalue weighted by atomic mass is 35.5. The minimum atomic E-state index is -0.103. The highest BCUT2D eigenvalue weighted by Gasteiger charge is 2.15. The van der Waals surface area contributed by atoms with Gasteiger partial charge in [-0.1, -0.05) is 42.8 Å². The summed E-state index contributed by atoms with van der Waals surface area (Å²) < 4.78 is 0. The van der Waals surface area contributed by atoms with Gasteiger partial charge in [-0.3, -0.25) is 4.79 Å². The Labute approximate surface area is 156 Å². The van der Waals surface area contributed by atoms with Crippen LogP contribution >= 0.6 is 22.9 Å². The fourth-order valence-corrected chi connectivity index (χ4v) is 3.90. The minimum Gasteiger partial charge on any atom is -0.326 e. The first-order valence-corrected chi connectivity index (χ1v) is 9.29. The fourth-order valence-electron chi connectivity index (χ4n) is 2.62. The molecule has 0 aliphatic carbocycles. The maximum Gasteiger partial charge on any atom is 0.265 e. The molecule has 3 nitrogen and oxygen atoms in total. The first-order chi connectivity index (χ1) is 12.1. The molecule has 0 fully saturated rings. The van der Waals surface area contributed by atoms with E-state index in [1.165, 1.54) is 11.3 Å². The standard InChI is InChI=1S/C20H19ClN2OS/c1-2-14-11-18(25-19(14)15-6-8-16(21)9-7-15)20(24)23-17-5-3-4-13(10-17)12-22/h3-11H,2,12,22H2,1H3,(H,23,24). The molecule has 0 bridgehead atoms. The van der Waals surface area contributed by atoms with E-state index in [0.717, 1.165) is 33.7 Å². The molecule has 0 saturated heterocycles. The number of amides is 1. The summed E-state index contributed by atoms with van der Waals surface area (Å²) in [6, 6.07) is 17.3. The van der Waals surface area contributed by atoms with E-state index in [9.17, 15) is 4.79 Å². The summed E-state index contributed by atoms with van der Waals surface area (Å²) in [5.41, 5.74) is 9.64. The van der Waals surface area contributed by atoms with Crippen molar-refractivity contribution in [2.75, 3.05) is 5.32 Å². The second-order valence-corrected chi connectivity index (χ2v) is 7.17.